The number of carbonyl (C=O) groups is 2. The molecule has 1 amide bonds. The Hall–Kier alpha value is -2.11. The molecule has 0 aliphatic heterocycles. The minimum absolute atomic E-state index is 0.0188. The molecule has 21 heavy (non-hydrogen) atoms. The van der Waals surface area contributed by atoms with Crippen LogP contribution in [0, 0.1) is 12.7 Å². The Morgan fingerprint density at radius 1 is 1.38 bits per heavy atom. The number of benzene rings is 1. The zero-order chi connectivity index (χ0) is 16.0. The van der Waals surface area contributed by atoms with Crippen molar-refractivity contribution in [1.82, 2.24) is 4.90 Å². The summed E-state index contributed by atoms with van der Waals surface area (Å²) in [6.45, 7) is 5.14. The fourth-order valence-corrected chi connectivity index (χ4v) is 1.83. The van der Waals surface area contributed by atoms with E-state index in [0.29, 0.717) is 0 Å². The van der Waals surface area contributed by atoms with E-state index in [2.05, 4.69) is 0 Å². The number of halogens is 1. The number of carboxylic acid groups (broad SMARTS) is 1. The van der Waals surface area contributed by atoms with Gasteiger partial charge in [-0.3, -0.25) is 9.59 Å². The molecule has 1 rings (SSSR count). The van der Waals surface area contributed by atoms with Crippen molar-refractivity contribution in [2.75, 3.05) is 13.2 Å². The predicted octanol–water partition coefficient (Wildman–Crippen LogP) is 2.22. The van der Waals surface area contributed by atoms with E-state index in [-0.39, 0.29) is 37.3 Å². The van der Waals surface area contributed by atoms with Crippen molar-refractivity contribution in [1.29, 1.82) is 0 Å². The molecule has 0 heterocycles. The third kappa shape index (κ3) is 5.41. The summed E-state index contributed by atoms with van der Waals surface area (Å²) in [4.78, 5) is 24.0. The molecule has 1 aromatic rings. The van der Waals surface area contributed by atoms with Gasteiger partial charge in [0.05, 0.1) is 6.42 Å². The lowest BCUT2D eigenvalue weighted by molar-refractivity contribution is -0.139. The van der Waals surface area contributed by atoms with Crippen LogP contribution in [0.2, 0.25) is 0 Å². The maximum absolute atomic E-state index is 13.5. The molecule has 1 N–H and O–H groups in total. The van der Waals surface area contributed by atoms with Crippen molar-refractivity contribution < 1.29 is 23.8 Å². The molecule has 116 valence electrons. The van der Waals surface area contributed by atoms with Crippen LogP contribution in [0.4, 0.5) is 4.39 Å². The molecule has 0 bridgehead atoms. The largest absolute Gasteiger partial charge is 0.481 e. The van der Waals surface area contributed by atoms with E-state index < -0.39 is 11.8 Å². The van der Waals surface area contributed by atoms with Crippen molar-refractivity contribution in [3.05, 3.63) is 29.6 Å². The van der Waals surface area contributed by atoms with E-state index in [4.69, 9.17) is 9.84 Å². The summed E-state index contributed by atoms with van der Waals surface area (Å²) in [6.07, 6.45) is -0.136. The number of hydrogen-bond donors (Lipinski definition) is 1. The molecule has 0 aliphatic rings. The lowest BCUT2D eigenvalue weighted by Crippen LogP contribution is -2.41. The van der Waals surface area contributed by atoms with Crippen LogP contribution in [0.3, 0.4) is 0 Å². The summed E-state index contributed by atoms with van der Waals surface area (Å²) < 4.78 is 18.7. The van der Waals surface area contributed by atoms with Crippen LogP contribution >= 0.6 is 0 Å². The van der Waals surface area contributed by atoms with Gasteiger partial charge >= 0.3 is 5.97 Å². The number of carbonyl (C=O) groups excluding carboxylic acids is 1. The highest BCUT2D eigenvalue weighted by Crippen LogP contribution is 2.18. The molecule has 6 heteroatoms. The quantitative estimate of drug-likeness (QED) is 0.838. The maximum atomic E-state index is 13.5. The van der Waals surface area contributed by atoms with Crippen LogP contribution in [-0.4, -0.2) is 41.1 Å². The van der Waals surface area contributed by atoms with Crippen LogP contribution in [0.25, 0.3) is 0 Å². The zero-order valence-electron chi connectivity index (χ0n) is 12.4. The van der Waals surface area contributed by atoms with Crippen LogP contribution in [-0.2, 0) is 9.59 Å². The second kappa shape index (κ2) is 7.61. The van der Waals surface area contributed by atoms with Gasteiger partial charge in [-0.1, -0.05) is 6.07 Å². The number of hydrogen-bond acceptors (Lipinski definition) is 3. The van der Waals surface area contributed by atoms with Crippen LogP contribution in [0.5, 0.6) is 5.75 Å². The zero-order valence-corrected chi connectivity index (χ0v) is 12.4. The number of aryl methyl sites for hydroxylation is 1. The van der Waals surface area contributed by atoms with E-state index in [1.165, 1.54) is 17.0 Å². The van der Waals surface area contributed by atoms with Gasteiger partial charge < -0.3 is 14.7 Å². The fraction of sp³-hybridized carbons (Fsp3) is 0.467. The van der Waals surface area contributed by atoms with E-state index in [1.54, 1.807) is 26.8 Å². The first-order valence-electron chi connectivity index (χ1n) is 6.71. The van der Waals surface area contributed by atoms with Crippen molar-refractivity contribution in [2.45, 2.75) is 33.2 Å². The normalized spacial score (nSPS) is 10.5. The number of rotatable bonds is 7. The molecular weight excluding hydrogens is 277 g/mol. The van der Waals surface area contributed by atoms with Gasteiger partial charge in [0.25, 0.3) is 5.91 Å². The second-order valence-electron chi connectivity index (χ2n) is 5.05. The number of carboxylic acids is 1. The lowest BCUT2D eigenvalue weighted by atomic mass is 10.2. The second-order valence-corrected chi connectivity index (χ2v) is 5.05. The molecule has 0 atom stereocenters. The topological polar surface area (TPSA) is 66.8 Å². The summed E-state index contributed by atoms with van der Waals surface area (Å²) in [5.41, 5.74) is 0.824. The van der Waals surface area contributed by atoms with Crippen LogP contribution in [0.15, 0.2) is 18.2 Å². The third-order valence-electron chi connectivity index (χ3n) is 2.95. The van der Waals surface area contributed by atoms with Crippen molar-refractivity contribution in [2.24, 2.45) is 0 Å². The van der Waals surface area contributed by atoms with Gasteiger partial charge in [0, 0.05) is 12.6 Å². The fourth-order valence-electron chi connectivity index (χ4n) is 1.83. The van der Waals surface area contributed by atoms with Gasteiger partial charge in [-0.2, -0.15) is 0 Å². The molecule has 0 radical (unpaired) electrons. The Balaban J connectivity index is 2.65. The lowest BCUT2D eigenvalue weighted by Gasteiger charge is -2.26. The van der Waals surface area contributed by atoms with E-state index in [0.717, 1.165) is 5.56 Å². The number of nitrogens with zero attached hydrogens (tertiary/aromatic N) is 1. The molecule has 0 aliphatic carbocycles. The van der Waals surface area contributed by atoms with Crippen molar-refractivity contribution >= 4 is 11.9 Å². The highest BCUT2D eigenvalue weighted by atomic mass is 19.1. The van der Waals surface area contributed by atoms with E-state index in [9.17, 15) is 14.0 Å². The Morgan fingerprint density at radius 3 is 2.62 bits per heavy atom. The van der Waals surface area contributed by atoms with Gasteiger partial charge in [0.15, 0.2) is 18.2 Å². The van der Waals surface area contributed by atoms with Gasteiger partial charge in [-0.25, -0.2) is 4.39 Å². The number of amides is 1. The molecule has 0 spiro atoms. The Bertz CT molecular complexity index is 516. The molecule has 5 nitrogen and oxygen atoms in total. The summed E-state index contributed by atoms with van der Waals surface area (Å²) in [7, 11) is 0. The standard InChI is InChI=1S/C15H20FNO4/c1-10(2)17(7-6-15(19)20)14(18)9-21-13-8-11(3)4-5-12(13)16/h4-5,8,10H,6-7,9H2,1-3H3,(H,19,20). The maximum Gasteiger partial charge on any atom is 0.305 e. The summed E-state index contributed by atoms with van der Waals surface area (Å²) in [5, 5.41) is 8.68. The summed E-state index contributed by atoms with van der Waals surface area (Å²) in [6, 6.07) is 4.25. The molecule has 0 saturated carbocycles. The SMILES string of the molecule is Cc1ccc(F)c(OCC(=O)N(CCC(=O)O)C(C)C)c1. The van der Waals surface area contributed by atoms with Crippen LogP contribution in [0.1, 0.15) is 25.8 Å². The molecule has 0 unspecified atom stereocenters. The Labute approximate surface area is 123 Å². The van der Waals surface area contributed by atoms with Crippen molar-refractivity contribution in [3.8, 4) is 5.75 Å². The monoisotopic (exact) mass is 297 g/mol. The number of ether oxygens (including phenoxy) is 1. The average molecular weight is 297 g/mol. The van der Waals surface area contributed by atoms with Gasteiger partial charge in [-0.05, 0) is 38.5 Å². The smallest absolute Gasteiger partial charge is 0.305 e. The van der Waals surface area contributed by atoms with E-state index >= 15 is 0 Å². The van der Waals surface area contributed by atoms with Gasteiger partial charge in [0.1, 0.15) is 0 Å². The molecule has 0 aromatic heterocycles. The van der Waals surface area contributed by atoms with Crippen molar-refractivity contribution in [3.63, 3.8) is 0 Å². The first kappa shape index (κ1) is 16.9. The predicted molar refractivity (Wildman–Crippen MR) is 75.7 cm³/mol. The minimum Gasteiger partial charge on any atom is -0.481 e. The van der Waals surface area contributed by atoms with Gasteiger partial charge in [-0.15, -0.1) is 0 Å². The minimum atomic E-state index is -0.973. The Kier molecular flexibility index (Phi) is 6.14. The molecule has 0 saturated heterocycles. The highest BCUT2D eigenvalue weighted by molar-refractivity contribution is 5.78. The molecular formula is C15H20FNO4. The van der Waals surface area contributed by atoms with Gasteiger partial charge in [0.2, 0.25) is 0 Å². The molecule has 1 aromatic carbocycles. The summed E-state index contributed by atoms with van der Waals surface area (Å²) >= 11 is 0. The first-order valence-corrected chi connectivity index (χ1v) is 6.71. The summed E-state index contributed by atoms with van der Waals surface area (Å²) in [5.74, 6) is -1.86. The average Bonchev–Trinajstić information content (AvgIpc) is 2.39. The highest BCUT2D eigenvalue weighted by Gasteiger charge is 2.19. The molecule has 0 fully saturated rings. The first-order chi connectivity index (χ1) is 9.81. The van der Waals surface area contributed by atoms with E-state index in [1.807, 2.05) is 0 Å². The van der Waals surface area contributed by atoms with Crippen LogP contribution < -0.4 is 4.74 Å². The number of aliphatic carboxylic acids is 1. The third-order valence-corrected chi connectivity index (χ3v) is 2.95. The Morgan fingerprint density at radius 2 is 2.05 bits per heavy atom.